The molecule has 0 atom stereocenters. The molecular weight excluding hydrogens is 214 g/mol. The van der Waals surface area contributed by atoms with Gasteiger partial charge in [0.15, 0.2) is 0 Å². The molecule has 1 rings (SSSR count). The highest BCUT2D eigenvalue weighted by Crippen LogP contribution is 2.29. The van der Waals surface area contributed by atoms with Crippen molar-refractivity contribution >= 4 is 6.08 Å². The number of benzene rings is 1. The molecule has 3 heteroatoms. The molecule has 0 saturated heterocycles. The fourth-order valence-corrected chi connectivity index (χ4v) is 1.61. The molecule has 0 aromatic heterocycles. The summed E-state index contributed by atoms with van der Waals surface area (Å²) >= 11 is 0. The Labute approximate surface area is 103 Å². The van der Waals surface area contributed by atoms with Gasteiger partial charge in [0, 0.05) is 0 Å². The Balaban J connectivity index is 2.73. The predicted octanol–water partition coefficient (Wildman–Crippen LogP) is 2.72. The van der Waals surface area contributed by atoms with Crippen molar-refractivity contribution in [1.29, 1.82) is 0 Å². The zero-order valence-corrected chi connectivity index (χ0v) is 10.8. The molecule has 0 amide bonds. The van der Waals surface area contributed by atoms with Crippen LogP contribution in [0.4, 0.5) is 0 Å². The van der Waals surface area contributed by atoms with Crippen LogP contribution in [-0.4, -0.2) is 27.3 Å². The maximum atomic E-state index is 5.32. The maximum Gasteiger partial charge on any atom is 0.129 e. The first-order valence-electron chi connectivity index (χ1n) is 5.91. The normalized spacial score (nSPS) is 10.8. The smallest absolute Gasteiger partial charge is 0.129 e. The molecule has 0 unspecified atom stereocenters. The van der Waals surface area contributed by atoms with Crippen LogP contribution in [0.1, 0.15) is 18.9 Å². The van der Waals surface area contributed by atoms with E-state index in [-0.39, 0.29) is 0 Å². The number of nitrogens with one attached hydrogen (secondary N) is 1. The first-order valence-corrected chi connectivity index (χ1v) is 5.91. The minimum Gasteiger partial charge on any atom is -0.496 e. The first-order chi connectivity index (χ1) is 8.33. The van der Waals surface area contributed by atoms with Crippen molar-refractivity contribution in [2.75, 3.05) is 27.3 Å². The summed E-state index contributed by atoms with van der Waals surface area (Å²) in [5.41, 5.74) is 0.994. The molecule has 0 spiro atoms. The van der Waals surface area contributed by atoms with Crippen molar-refractivity contribution in [2.45, 2.75) is 13.3 Å². The largest absolute Gasteiger partial charge is 0.496 e. The van der Waals surface area contributed by atoms with E-state index in [0.717, 1.165) is 36.6 Å². The highest BCUT2D eigenvalue weighted by atomic mass is 16.5. The summed E-state index contributed by atoms with van der Waals surface area (Å²) in [6, 6.07) is 5.80. The Morgan fingerprint density at radius 2 is 1.82 bits per heavy atom. The van der Waals surface area contributed by atoms with Crippen LogP contribution in [0.3, 0.4) is 0 Å². The third-order valence-electron chi connectivity index (χ3n) is 2.49. The summed E-state index contributed by atoms with van der Waals surface area (Å²) in [6.45, 7) is 4.10. The molecule has 0 bridgehead atoms. The first kappa shape index (κ1) is 13.6. The second kappa shape index (κ2) is 7.74. The second-order valence-corrected chi connectivity index (χ2v) is 3.62. The van der Waals surface area contributed by atoms with E-state index < -0.39 is 0 Å². The summed E-state index contributed by atoms with van der Waals surface area (Å²) in [5, 5.41) is 3.28. The third kappa shape index (κ3) is 4.11. The lowest BCUT2D eigenvalue weighted by Crippen LogP contribution is -2.12. The van der Waals surface area contributed by atoms with Gasteiger partial charge in [-0.3, -0.25) is 0 Å². The SMILES string of the molecule is CCNCC/C=C/c1c(OC)cccc1OC. The minimum absolute atomic E-state index is 0.837. The Hall–Kier alpha value is -1.48. The van der Waals surface area contributed by atoms with Crippen LogP contribution in [-0.2, 0) is 0 Å². The van der Waals surface area contributed by atoms with Gasteiger partial charge in [-0.1, -0.05) is 25.1 Å². The topological polar surface area (TPSA) is 30.5 Å². The third-order valence-corrected chi connectivity index (χ3v) is 2.49. The summed E-state index contributed by atoms with van der Waals surface area (Å²) in [6.07, 6.45) is 5.17. The highest BCUT2D eigenvalue weighted by molar-refractivity contribution is 5.64. The van der Waals surface area contributed by atoms with E-state index in [2.05, 4.69) is 24.4 Å². The van der Waals surface area contributed by atoms with Gasteiger partial charge in [-0.25, -0.2) is 0 Å². The van der Waals surface area contributed by atoms with E-state index in [9.17, 15) is 0 Å². The molecule has 94 valence electrons. The van der Waals surface area contributed by atoms with E-state index in [0.29, 0.717) is 0 Å². The second-order valence-electron chi connectivity index (χ2n) is 3.62. The summed E-state index contributed by atoms with van der Waals surface area (Å²) < 4.78 is 10.6. The number of ether oxygens (including phenoxy) is 2. The average molecular weight is 235 g/mol. The molecule has 0 fully saturated rings. The summed E-state index contributed by atoms with van der Waals surface area (Å²) in [4.78, 5) is 0. The molecule has 17 heavy (non-hydrogen) atoms. The zero-order valence-electron chi connectivity index (χ0n) is 10.8. The van der Waals surface area contributed by atoms with Crippen molar-refractivity contribution < 1.29 is 9.47 Å². The van der Waals surface area contributed by atoms with Crippen molar-refractivity contribution in [2.24, 2.45) is 0 Å². The van der Waals surface area contributed by atoms with E-state index in [4.69, 9.17) is 9.47 Å². The van der Waals surface area contributed by atoms with Crippen LogP contribution in [0.5, 0.6) is 11.5 Å². The van der Waals surface area contributed by atoms with E-state index in [1.807, 2.05) is 18.2 Å². The lowest BCUT2D eigenvalue weighted by Gasteiger charge is -2.09. The maximum absolute atomic E-state index is 5.32. The van der Waals surface area contributed by atoms with Gasteiger partial charge in [0.1, 0.15) is 11.5 Å². The van der Waals surface area contributed by atoms with Gasteiger partial charge in [0.05, 0.1) is 19.8 Å². The van der Waals surface area contributed by atoms with Gasteiger partial charge < -0.3 is 14.8 Å². The minimum atomic E-state index is 0.837. The number of rotatable bonds is 7. The Kier molecular flexibility index (Phi) is 6.18. The monoisotopic (exact) mass is 235 g/mol. The average Bonchev–Trinajstić information content (AvgIpc) is 2.38. The molecule has 0 saturated carbocycles. The van der Waals surface area contributed by atoms with Gasteiger partial charge in [-0.2, -0.15) is 0 Å². The quantitative estimate of drug-likeness (QED) is 0.737. The summed E-state index contributed by atoms with van der Waals surface area (Å²) in [5.74, 6) is 1.67. The fourth-order valence-electron chi connectivity index (χ4n) is 1.61. The Bertz CT molecular complexity index is 339. The van der Waals surface area contributed by atoms with Crippen LogP contribution in [0, 0.1) is 0 Å². The van der Waals surface area contributed by atoms with Gasteiger partial charge in [0.25, 0.3) is 0 Å². The molecule has 0 aliphatic carbocycles. The van der Waals surface area contributed by atoms with Crippen LogP contribution < -0.4 is 14.8 Å². The van der Waals surface area contributed by atoms with Crippen molar-refractivity contribution in [3.8, 4) is 11.5 Å². The molecule has 0 aliphatic heterocycles. The van der Waals surface area contributed by atoms with Gasteiger partial charge in [-0.15, -0.1) is 0 Å². The zero-order chi connectivity index (χ0) is 12.5. The predicted molar refractivity (Wildman–Crippen MR) is 71.7 cm³/mol. The molecule has 1 N–H and O–H groups in total. The molecule has 0 radical (unpaired) electrons. The Morgan fingerprint density at radius 3 is 2.35 bits per heavy atom. The van der Waals surface area contributed by atoms with Crippen LogP contribution in [0.2, 0.25) is 0 Å². The number of hydrogen-bond acceptors (Lipinski definition) is 3. The van der Waals surface area contributed by atoms with E-state index >= 15 is 0 Å². The van der Waals surface area contributed by atoms with Crippen LogP contribution >= 0.6 is 0 Å². The van der Waals surface area contributed by atoms with Crippen LogP contribution in [0.25, 0.3) is 6.08 Å². The number of hydrogen-bond donors (Lipinski definition) is 1. The van der Waals surface area contributed by atoms with Gasteiger partial charge >= 0.3 is 0 Å². The molecule has 0 heterocycles. The van der Waals surface area contributed by atoms with Gasteiger partial charge in [-0.05, 0) is 31.6 Å². The standard InChI is InChI=1S/C14H21NO2/c1-4-15-11-6-5-8-12-13(16-2)9-7-10-14(12)17-3/h5,7-10,15H,4,6,11H2,1-3H3/b8-5+. The lowest BCUT2D eigenvalue weighted by molar-refractivity contribution is 0.392. The van der Waals surface area contributed by atoms with Crippen LogP contribution in [0.15, 0.2) is 24.3 Å². The number of methoxy groups -OCH3 is 2. The highest BCUT2D eigenvalue weighted by Gasteiger charge is 2.05. The van der Waals surface area contributed by atoms with Crippen molar-refractivity contribution in [3.63, 3.8) is 0 Å². The Morgan fingerprint density at radius 1 is 1.18 bits per heavy atom. The van der Waals surface area contributed by atoms with Gasteiger partial charge in [0.2, 0.25) is 0 Å². The molecule has 0 aliphatic rings. The lowest BCUT2D eigenvalue weighted by atomic mass is 10.1. The molecule has 3 nitrogen and oxygen atoms in total. The molecular formula is C14H21NO2. The summed E-state index contributed by atoms with van der Waals surface area (Å²) in [7, 11) is 3.34. The molecule has 1 aromatic rings. The fraction of sp³-hybridized carbons (Fsp3) is 0.429. The van der Waals surface area contributed by atoms with Crippen molar-refractivity contribution in [1.82, 2.24) is 5.32 Å². The van der Waals surface area contributed by atoms with E-state index in [1.165, 1.54) is 0 Å². The van der Waals surface area contributed by atoms with Crippen molar-refractivity contribution in [3.05, 3.63) is 29.8 Å². The molecule has 1 aromatic carbocycles. The van der Waals surface area contributed by atoms with E-state index in [1.54, 1.807) is 14.2 Å².